The Kier molecular flexibility index (Phi) is 5.49. The highest BCUT2D eigenvalue weighted by Gasteiger charge is 2.59. The molecule has 8 heteroatoms. The summed E-state index contributed by atoms with van der Waals surface area (Å²) in [5.74, 6) is 0.211. The molecule has 0 N–H and O–H groups in total. The lowest BCUT2D eigenvalue weighted by atomic mass is 9.88. The molecule has 0 aromatic heterocycles. The van der Waals surface area contributed by atoms with Gasteiger partial charge in [0.2, 0.25) is 5.91 Å². The van der Waals surface area contributed by atoms with Gasteiger partial charge in [0.25, 0.3) is 0 Å². The van der Waals surface area contributed by atoms with Gasteiger partial charge in [0.15, 0.2) is 5.66 Å². The molecule has 4 atom stereocenters. The number of amides is 1. The van der Waals surface area contributed by atoms with E-state index in [1.807, 2.05) is 0 Å². The number of carbonyl (C=O) groups is 3. The van der Waals surface area contributed by atoms with Crippen LogP contribution in [0.15, 0.2) is 10.2 Å². The Labute approximate surface area is 158 Å². The first-order valence-corrected chi connectivity index (χ1v) is 9.32. The van der Waals surface area contributed by atoms with Gasteiger partial charge in [-0.2, -0.15) is 10.2 Å². The van der Waals surface area contributed by atoms with Crippen molar-refractivity contribution in [3.05, 3.63) is 0 Å². The minimum Gasteiger partial charge on any atom is -0.469 e. The smallest absolute Gasteiger partial charge is 0.311 e. The van der Waals surface area contributed by atoms with E-state index in [0.29, 0.717) is 32.1 Å². The van der Waals surface area contributed by atoms with Crippen molar-refractivity contribution in [2.75, 3.05) is 14.2 Å². The molecular weight excluding hydrogens is 350 g/mol. The van der Waals surface area contributed by atoms with E-state index in [0.717, 1.165) is 6.42 Å². The number of ether oxygens (including phenoxy) is 2. The van der Waals surface area contributed by atoms with Gasteiger partial charge in [0, 0.05) is 37.8 Å². The molecule has 0 saturated carbocycles. The number of hydrogen-bond acceptors (Lipinski definition) is 7. The molecule has 3 aliphatic rings. The number of piperidine rings is 1. The van der Waals surface area contributed by atoms with Gasteiger partial charge in [-0.3, -0.25) is 14.4 Å². The van der Waals surface area contributed by atoms with Crippen molar-refractivity contribution in [2.24, 2.45) is 22.1 Å². The molecule has 2 saturated heterocycles. The van der Waals surface area contributed by atoms with E-state index in [1.54, 1.807) is 4.90 Å². The van der Waals surface area contributed by atoms with Crippen molar-refractivity contribution in [2.45, 2.75) is 62.7 Å². The van der Waals surface area contributed by atoms with Gasteiger partial charge in [-0.1, -0.05) is 0 Å². The third-order valence-electron chi connectivity index (χ3n) is 5.96. The quantitative estimate of drug-likeness (QED) is 0.498. The fourth-order valence-electron chi connectivity index (χ4n) is 4.60. The Bertz CT molecular complexity index is 662. The fraction of sp³-hybridized carbons (Fsp3) is 0.737. The highest BCUT2D eigenvalue weighted by molar-refractivity contribution is 5.87. The number of hydrogen-bond donors (Lipinski definition) is 0. The maximum absolute atomic E-state index is 13.0. The number of nitrogens with zero attached hydrogens (tertiary/aromatic N) is 3. The number of esters is 2. The largest absolute Gasteiger partial charge is 0.469 e. The minimum atomic E-state index is -0.676. The van der Waals surface area contributed by atoms with Crippen LogP contribution in [-0.4, -0.2) is 54.7 Å². The van der Waals surface area contributed by atoms with Crippen molar-refractivity contribution in [1.29, 1.82) is 0 Å². The molecular formula is C19H25N3O5. The predicted octanol–water partition coefficient (Wildman–Crippen LogP) is 1.68. The molecule has 2 fully saturated rings. The third-order valence-corrected chi connectivity index (χ3v) is 5.96. The van der Waals surface area contributed by atoms with Crippen LogP contribution in [0.25, 0.3) is 0 Å². The summed E-state index contributed by atoms with van der Waals surface area (Å²) in [7, 11) is 2.60. The molecule has 27 heavy (non-hydrogen) atoms. The Morgan fingerprint density at radius 3 is 2.07 bits per heavy atom. The summed E-state index contributed by atoms with van der Waals surface area (Å²) in [4.78, 5) is 39.5. The molecule has 8 nitrogen and oxygen atoms in total. The Morgan fingerprint density at radius 1 is 1.07 bits per heavy atom. The maximum Gasteiger partial charge on any atom is 0.311 e. The zero-order chi connectivity index (χ0) is 19.6. The van der Waals surface area contributed by atoms with Crippen molar-refractivity contribution in [3.8, 4) is 12.3 Å². The molecule has 0 spiro atoms. The zero-order valence-corrected chi connectivity index (χ0v) is 15.7. The number of carbonyl (C=O) groups excluding carboxylic acids is 3. The van der Waals surface area contributed by atoms with E-state index in [2.05, 4.69) is 16.1 Å². The monoisotopic (exact) mass is 375 g/mol. The highest BCUT2D eigenvalue weighted by atomic mass is 16.5. The Morgan fingerprint density at radius 2 is 1.63 bits per heavy atom. The first kappa shape index (κ1) is 19.3. The molecule has 0 aliphatic carbocycles. The van der Waals surface area contributed by atoms with Gasteiger partial charge < -0.3 is 14.4 Å². The van der Waals surface area contributed by atoms with Crippen LogP contribution in [0.5, 0.6) is 0 Å². The number of methoxy groups -OCH3 is 2. The molecule has 0 radical (unpaired) electrons. The van der Waals surface area contributed by atoms with Gasteiger partial charge in [-0.05, 0) is 19.3 Å². The molecule has 3 heterocycles. The van der Waals surface area contributed by atoms with Crippen LogP contribution in [0.2, 0.25) is 0 Å². The average Bonchev–Trinajstić information content (AvgIpc) is 3.43. The second-order valence-corrected chi connectivity index (χ2v) is 7.35. The third kappa shape index (κ3) is 3.55. The number of terminal acetylenes is 1. The predicted molar refractivity (Wildman–Crippen MR) is 94.2 cm³/mol. The van der Waals surface area contributed by atoms with Crippen LogP contribution in [0.3, 0.4) is 0 Å². The zero-order valence-electron chi connectivity index (χ0n) is 15.7. The van der Waals surface area contributed by atoms with Gasteiger partial charge in [0.05, 0.1) is 26.1 Å². The van der Waals surface area contributed by atoms with Crippen LogP contribution in [0.4, 0.5) is 0 Å². The second kappa shape index (κ2) is 7.67. The lowest BCUT2D eigenvalue weighted by molar-refractivity contribution is -0.156. The van der Waals surface area contributed by atoms with Crippen LogP contribution >= 0.6 is 0 Å². The van der Waals surface area contributed by atoms with Gasteiger partial charge >= 0.3 is 11.9 Å². The van der Waals surface area contributed by atoms with Crippen molar-refractivity contribution in [3.63, 3.8) is 0 Å². The standard InChI is InChI=1S/C19H25N3O5/c1-4-5-10-19(20-21-19)11-9-14(23)22-12-7-6-8-13(22)16(18(25)27-3)15(12)17(24)26-2/h1,12-13,15-16H,5-11H2,2-3H3. The normalized spacial score (nSPS) is 29.7. The first-order chi connectivity index (χ1) is 13.0. The minimum absolute atomic E-state index is 0.0811. The summed E-state index contributed by atoms with van der Waals surface area (Å²) >= 11 is 0. The van der Waals surface area contributed by atoms with Crippen LogP contribution in [0, 0.1) is 24.2 Å². The van der Waals surface area contributed by atoms with Crippen molar-refractivity contribution >= 4 is 17.8 Å². The fourth-order valence-corrected chi connectivity index (χ4v) is 4.60. The number of fused-ring (bicyclic) bond motifs is 2. The maximum atomic E-state index is 13.0. The Hall–Kier alpha value is -2.43. The molecule has 4 unspecified atom stereocenters. The van der Waals surface area contributed by atoms with Crippen molar-refractivity contribution < 1.29 is 23.9 Å². The molecule has 0 aromatic rings. The van der Waals surface area contributed by atoms with Gasteiger partial charge in [-0.15, -0.1) is 12.3 Å². The van der Waals surface area contributed by atoms with Gasteiger partial charge in [0.1, 0.15) is 0 Å². The summed E-state index contributed by atoms with van der Waals surface area (Å²) < 4.78 is 9.86. The van der Waals surface area contributed by atoms with Crippen molar-refractivity contribution in [1.82, 2.24) is 4.90 Å². The molecule has 146 valence electrons. The first-order valence-electron chi connectivity index (χ1n) is 9.32. The van der Waals surface area contributed by atoms with Crippen LogP contribution < -0.4 is 0 Å². The SMILES string of the molecule is C#CCCC1(CCC(=O)N2C3CCCC2C(C(=O)OC)C3C(=O)OC)N=N1. The summed E-state index contributed by atoms with van der Waals surface area (Å²) in [6.45, 7) is 0. The van der Waals surface area contributed by atoms with E-state index in [4.69, 9.17) is 15.9 Å². The average molecular weight is 375 g/mol. The molecule has 0 aromatic carbocycles. The lowest BCUT2D eigenvalue weighted by Crippen LogP contribution is -2.46. The lowest BCUT2D eigenvalue weighted by Gasteiger charge is -2.36. The van der Waals surface area contributed by atoms with Crippen LogP contribution in [-0.2, 0) is 23.9 Å². The summed E-state index contributed by atoms with van der Waals surface area (Å²) in [5, 5.41) is 8.13. The highest BCUT2D eigenvalue weighted by Crippen LogP contribution is 2.46. The number of rotatable bonds is 7. The van der Waals surface area contributed by atoms with Crippen LogP contribution in [0.1, 0.15) is 44.9 Å². The summed E-state index contributed by atoms with van der Waals surface area (Å²) in [6, 6.07) is -0.662. The Balaban J connectivity index is 1.74. The van der Waals surface area contributed by atoms with E-state index < -0.39 is 29.4 Å². The topological polar surface area (TPSA) is 97.6 Å². The molecule has 2 bridgehead atoms. The molecule has 3 rings (SSSR count). The van der Waals surface area contributed by atoms with E-state index in [-0.39, 0.29) is 24.4 Å². The van der Waals surface area contributed by atoms with E-state index in [9.17, 15) is 14.4 Å². The summed E-state index contributed by atoms with van der Waals surface area (Å²) in [5.41, 5.74) is -0.527. The second-order valence-electron chi connectivity index (χ2n) is 7.35. The summed E-state index contributed by atoms with van der Waals surface area (Å²) in [6.07, 6.45) is 9.45. The molecule has 3 aliphatic heterocycles. The van der Waals surface area contributed by atoms with Gasteiger partial charge in [-0.25, -0.2) is 0 Å². The molecule has 1 amide bonds. The van der Waals surface area contributed by atoms with E-state index >= 15 is 0 Å². The van der Waals surface area contributed by atoms with E-state index in [1.165, 1.54) is 14.2 Å².